The normalized spacial score (nSPS) is 17.5. The third-order valence-corrected chi connectivity index (χ3v) is 7.16. The number of nitrogens with one attached hydrogen (secondary N) is 1. The minimum Gasteiger partial charge on any atom is -0.494 e. The van der Waals surface area contributed by atoms with E-state index in [4.69, 9.17) is 21.9 Å². The van der Waals surface area contributed by atoms with E-state index < -0.39 is 0 Å². The van der Waals surface area contributed by atoms with Crippen LogP contribution in [0, 0.1) is 20.8 Å². The molecule has 3 heterocycles. The number of hydrogen-bond donors (Lipinski definition) is 1. The molecule has 0 bridgehead atoms. The van der Waals surface area contributed by atoms with Gasteiger partial charge in [0, 0.05) is 34.5 Å². The molecule has 0 spiro atoms. The van der Waals surface area contributed by atoms with Crippen LogP contribution < -0.4 is 15.0 Å². The third kappa shape index (κ3) is 4.08. The maximum absolute atomic E-state index is 5.93. The fraction of sp³-hybridized carbons (Fsp3) is 0.241. The summed E-state index contributed by atoms with van der Waals surface area (Å²) in [7, 11) is 0. The molecule has 1 aliphatic rings. The van der Waals surface area contributed by atoms with Gasteiger partial charge in [0.05, 0.1) is 24.4 Å². The van der Waals surface area contributed by atoms with E-state index in [1.165, 1.54) is 22.5 Å². The molecule has 0 amide bonds. The highest BCUT2D eigenvalue weighted by molar-refractivity contribution is 7.80. The van der Waals surface area contributed by atoms with Crippen molar-refractivity contribution in [3.8, 4) is 11.4 Å². The van der Waals surface area contributed by atoms with Crippen LogP contribution in [0.4, 0.5) is 5.69 Å². The smallest absolute Gasteiger partial charge is 0.174 e. The van der Waals surface area contributed by atoms with Gasteiger partial charge in [0.2, 0.25) is 0 Å². The van der Waals surface area contributed by atoms with Crippen LogP contribution in [0.1, 0.15) is 47.2 Å². The van der Waals surface area contributed by atoms with Gasteiger partial charge in [0.15, 0.2) is 5.11 Å². The van der Waals surface area contributed by atoms with Crippen molar-refractivity contribution in [3.63, 3.8) is 0 Å². The van der Waals surface area contributed by atoms with Crippen molar-refractivity contribution in [2.24, 2.45) is 0 Å². The maximum atomic E-state index is 5.93. The number of thiocarbonyl (C=S) groups is 1. The summed E-state index contributed by atoms with van der Waals surface area (Å²) in [5, 5.41) is 4.28. The van der Waals surface area contributed by atoms with Crippen LogP contribution in [0.15, 0.2) is 79.0 Å². The topological polar surface area (TPSA) is 42.3 Å². The number of para-hydroxylation sites is 1. The van der Waals surface area contributed by atoms with E-state index in [0.717, 1.165) is 22.8 Å². The summed E-state index contributed by atoms with van der Waals surface area (Å²) in [6.45, 7) is 9.24. The van der Waals surface area contributed by atoms with Crippen molar-refractivity contribution in [2.45, 2.75) is 39.8 Å². The van der Waals surface area contributed by atoms with E-state index >= 15 is 0 Å². The molecule has 178 valence electrons. The molecular weight excluding hydrogens is 452 g/mol. The first-order valence-corrected chi connectivity index (χ1v) is 12.4. The molecule has 1 aliphatic heterocycles. The second-order valence-corrected chi connectivity index (χ2v) is 9.19. The average molecular weight is 483 g/mol. The van der Waals surface area contributed by atoms with Crippen LogP contribution in [-0.2, 0) is 0 Å². The average Bonchev–Trinajstić information content (AvgIpc) is 3.33. The van der Waals surface area contributed by atoms with Crippen LogP contribution in [0.3, 0.4) is 0 Å². The summed E-state index contributed by atoms with van der Waals surface area (Å²) >= 11 is 5.93. The predicted octanol–water partition coefficient (Wildman–Crippen LogP) is 6.37. The lowest BCUT2D eigenvalue weighted by Gasteiger charge is -2.29. The molecule has 2 aromatic carbocycles. The molecule has 35 heavy (non-hydrogen) atoms. The predicted molar refractivity (Wildman–Crippen MR) is 146 cm³/mol. The van der Waals surface area contributed by atoms with Gasteiger partial charge < -0.3 is 19.5 Å². The zero-order chi connectivity index (χ0) is 24.5. The molecule has 2 aromatic heterocycles. The molecule has 6 heteroatoms. The van der Waals surface area contributed by atoms with Crippen molar-refractivity contribution >= 4 is 23.0 Å². The largest absolute Gasteiger partial charge is 0.494 e. The molecule has 5 nitrogen and oxygen atoms in total. The number of hydrogen-bond acceptors (Lipinski definition) is 3. The molecule has 1 N–H and O–H groups in total. The highest BCUT2D eigenvalue weighted by Gasteiger charge is 2.43. The van der Waals surface area contributed by atoms with Gasteiger partial charge in [0.25, 0.3) is 0 Å². The van der Waals surface area contributed by atoms with Gasteiger partial charge >= 0.3 is 0 Å². The van der Waals surface area contributed by atoms with Crippen molar-refractivity contribution < 1.29 is 4.74 Å². The Balaban J connectivity index is 1.68. The van der Waals surface area contributed by atoms with Gasteiger partial charge in [-0.3, -0.25) is 4.98 Å². The van der Waals surface area contributed by atoms with E-state index in [0.29, 0.717) is 11.7 Å². The van der Waals surface area contributed by atoms with Crippen molar-refractivity contribution in [1.82, 2.24) is 14.9 Å². The summed E-state index contributed by atoms with van der Waals surface area (Å²) in [6, 6.07) is 24.6. The number of benzene rings is 2. The maximum Gasteiger partial charge on any atom is 0.174 e. The van der Waals surface area contributed by atoms with E-state index in [1.807, 2.05) is 37.4 Å². The monoisotopic (exact) mass is 482 g/mol. The number of ether oxygens (including phenoxy) is 1. The number of anilines is 1. The summed E-state index contributed by atoms with van der Waals surface area (Å²) < 4.78 is 8.02. The Kier molecular flexibility index (Phi) is 6.31. The second kappa shape index (κ2) is 9.55. The Morgan fingerprint density at radius 3 is 2.26 bits per heavy atom. The highest BCUT2D eigenvalue weighted by atomic mass is 32.1. The lowest BCUT2D eigenvalue weighted by atomic mass is 9.93. The minimum absolute atomic E-state index is 0.0565. The third-order valence-electron chi connectivity index (χ3n) is 6.84. The first kappa shape index (κ1) is 23.1. The molecule has 1 saturated heterocycles. The molecular formula is C29H30N4OS. The second-order valence-electron chi connectivity index (χ2n) is 8.80. The minimum atomic E-state index is -0.0845. The summed E-state index contributed by atoms with van der Waals surface area (Å²) in [6.07, 6.45) is 1.84. The van der Waals surface area contributed by atoms with Crippen molar-refractivity contribution in [2.75, 3.05) is 11.5 Å². The van der Waals surface area contributed by atoms with E-state index in [-0.39, 0.29) is 12.1 Å². The van der Waals surface area contributed by atoms with Crippen LogP contribution in [-0.4, -0.2) is 21.3 Å². The Morgan fingerprint density at radius 2 is 1.60 bits per heavy atom. The Morgan fingerprint density at radius 1 is 0.886 bits per heavy atom. The van der Waals surface area contributed by atoms with Crippen LogP contribution >= 0.6 is 12.2 Å². The lowest BCUT2D eigenvalue weighted by Crippen LogP contribution is -2.29. The first-order chi connectivity index (χ1) is 17.0. The summed E-state index contributed by atoms with van der Waals surface area (Å²) in [4.78, 5) is 6.94. The number of rotatable bonds is 6. The molecule has 0 unspecified atom stereocenters. The van der Waals surface area contributed by atoms with Crippen molar-refractivity contribution in [1.29, 1.82) is 0 Å². The number of nitrogens with zero attached hydrogens (tertiary/aromatic N) is 3. The van der Waals surface area contributed by atoms with E-state index in [1.54, 1.807) is 0 Å². The molecule has 5 rings (SSSR count). The first-order valence-electron chi connectivity index (χ1n) is 12.0. The van der Waals surface area contributed by atoms with Gasteiger partial charge in [-0.1, -0.05) is 24.3 Å². The fourth-order valence-electron chi connectivity index (χ4n) is 5.20. The standard InChI is InChI=1S/C29H30N4OS/c1-5-34-24-16-14-23(15-17-24)33-28(27(31-29(33)35)25-13-9-10-18-30-25)26-19(2)20(3)32(21(26)4)22-11-7-6-8-12-22/h6-18,27-28H,5H2,1-4H3,(H,31,35)/t27-,28-/m0/s1. The molecule has 0 saturated carbocycles. The van der Waals surface area contributed by atoms with Gasteiger partial charge in [-0.25, -0.2) is 0 Å². The lowest BCUT2D eigenvalue weighted by molar-refractivity contribution is 0.340. The quantitative estimate of drug-likeness (QED) is 0.323. The Hall–Kier alpha value is -3.64. The van der Waals surface area contributed by atoms with Gasteiger partial charge in [-0.2, -0.15) is 0 Å². The molecule has 2 atom stereocenters. The number of aromatic nitrogens is 2. The molecule has 0 radical (unpaired) electrons. The molecule has 1 fully saturated rings. The SMILES string of the molecule is CCOc1ccc(N2C(=S)N[C@@H](c3ccccn3)[C@@H]2c2c(C)c(C)n(-c3ccccc3)c2C)cc1. The molecule has 4 aromatic rings. The van der Waals surface area contributed by atoms with Crippen LogP contribution in [0.5, 0.6) is 5.75 Å². The van der Waals surface area contributed by atoms with Gasteiger partial charge in [0.1, 0.15) is 5.75 Å². The highest BCUT2D eigenvalue weighted by Crippen LogP contribution is 2.45. The summed E-state index contributed by atoms with van der Waals surface area (Å²) in [5.41, 5.74) is 8.12. The van der Waals surface area contributed by atoms with Gasteiger partial charge in [-0.15, -0.1) is 0 Å². The van der Waals surface area contributed by atoms with Crippen molar-refractivity contribution in [3.05, 3.63) is 107 Å². The number of pyridine rings is 1. The zero-order valence-electron chi connectivity index (χ0n) is 20.5. The van der Waals surface area contributed by atoms with E-state index in [9.17, 15) is 0 Å². The van der Waals surface area contributed by atoms with Gasteiger partial charge in [-0.05, 0) is 94.0 Å². The van der Waals surface area contributed by atoms with E-state index in [2.05, 4.69) is 84.1 Å². The summed E-state index contributed by atoms with van der Waals surface area (Å²) in [5.74, 6) is 0.852. The Bertz CT molecular complexity index is 1330. The zero-order valence-corrected chi connectivity index (χ0v) is 21.3. The van der Waals surface area contributed by atoms with Crippen LogP contribution in [0.2, 0.25) is 0 Å². The fourth-order valence-corrected chi connectivity index (χ4v) is 5.55. The molecule has 0 aliphatic carbocycles. The van der Waals surface area contributed by atoms with Crippen LogP contribution in [0.25, 0.3) is 5.69 Å². The Labute approximate surface area is 212 Å².